The van der Waals surface area contributed by atoms with Crippen molar-refractivity contribution in [2.45, 2.75) is 657 Å². The van der Waals surface area contributed by atoms with Gasteiger partial charge >= 0.3 is 35.8 Å². The highest BCUT2D eigenvalue weighted by molar-refractivity contribution is 5.71. The number of hydrogen-bond donors (Lipinski definition) is 0. The molecule has 4 heterocycles. The summed E-state index contributed by atoms with van der Waals surface area (Å²) in [6, 6.07) is 0. The minimum absolute atomic E-state index is 0.0142. The van der Waals surface area contributed by atoms with Crippen LogP contribution < -0.4 is 0 Å². The van der Waals surface area contributed by atoms with Crippen molar-refractivity contribution in [3.8, 4) is 0 Å². The number of unbranched alkanes of at least 4 members (excludes halogenated alkanes) is 54. The fourth-order valence-electron chi connectivity index (χ4n) is 17.7. The van der Waals surface area contributed by atoms with Crippen molar-refractivity contribution in [2.75, 3.05) is 26.4 Å². The van der Waals surface area contributed by atoms with Gasteiger partial charge < -0.3 is 47.4 Å². The highest BCUT2D eigenvalue weighted by Crippen LogP contribution is 2.40. The molecule has 0 bridgehead atoms. The molecule has 16 nitrogen and oxygen atoms in total. The maximum Gasteiger partial charge on any atom is 0.306 e. The second kappa shape index (κ2) is 101. The first-order valence-corrected chi connectivity index (χ1v) is 58.8. The van der Waals surface area contributed by atoms with E-state index in [-0.39, 0.29) is 48.0 Å². The number of rotatable bonds is 98. The van der Waals surface area contributed by atoms with Gasteiger partial charge in [-0.2, -0.15) is 0 Å². The number of allylic oxidation sites excluding steroid dienone is 8. The average molecular weight is 1920 g/mol. The summed E-state index contributed by atoms with van der Waals surface area (Å²) in [5.41, 5.74) is 0. The lowest BCUT2D eigenvalue weighted by molar-refractivity contribution is -0.148. The summed E-state index contributed by atoms with van der Waals surface area (Å²) in [4.78, 5) is 70.5. The minimum atomic E-state index is -0.141. The molecule has 4 aliphatic rings. The molecule has 8 atom stereocenters. The molecule has 4 fully saturated rings. The fraction of sp³-hybridized carbons (Fsp3) is 0.883. The third-order valence-corrected chi connectivity index (χ3v) is 26.6. The second-order valence-electron chi connectivity index (χ2n) is 40.9. The molecule has 796 valence electrons. The number of carbonyl (C=O) groups is 6. The van der Waals surface area contributed by atoms with Crippen LogP contribution in [0.15, 0.2) is 48.6 Å². The van der Waals surface area contributed by atoms with Crippen molar-refractivity contribution >= 4 is 35.8 Å². The normalized spacial score (nSPS) is 17.4. The summed E-state index contributed by atoms with van der Waals surface area (Å²) in [6.45, 7) is 22.5. The Morgan fingerprint density at radius 1 is 0.199 bits per heavy atom. The smallest absolute Gasteiger partial charge is 0.306 e. The third-order valence-electron chi connectivity index (χ3n) is 26.6. The monoisotopic (exact) mass is 1920 g/mol. The van der Waals surface area contributed by atoms with Gasteiger partial charge in [0.05, 0.1) is 87.5 Å². The lowest BCUT2D eigenvalue weighted by Crippen LogP contribution is -2.10. The molecule has 0 aromatic carbocycles. The van der Waals surface area contributed by atoms with E-state index in [1.54, 1.807) is 0 Å². The molecule has 0 aliphatic carbocycles. The van der Waals surface area contributed by atoms with Crippen molar-refractivity contribution in [2.24, 2.45) is 0 Å². The maximum absolute atomic E-state index is 12.0. The summed E-state index contributed by atoms with van der Waals surface area (Å²) < 4.78 is 54.7. The van der Waals surface area contributed by atoms with E-state index < -0.39 is 0 Å². The van der Waals surface area contributed by atoms with Gasteiger partial charge in [-0.3, -0.25) is 28.8 Å². The molecule has 0 saturated carbocycles. The van der Waals surface area contributed by atoms with Crippen LogP contribution in [-0.4, -0.2) is 123 Å². The summed E-state index contributed by atoms with van der Waals surface area (Å²) in [6.07, 6.45) is 118. The van der Waals surface area contributed by atoms with Crippen LogP contribution in [0.3, 0.4) is 0 Å². The Bertz CT molecular complexity index is 2760. The zero-order valence-electron chi connectivity index (χ0n) is 90.7. The van der Waals surface area contributed by atoms with E-state index in [0.29, 0.717) is 127 Å². The summed E-state index contributed by atoms with van der Waals surface area (Å²) in [7, 11) is 0. The van der Waals surface area contributed by atoms with Crippen LogP contribution in [0.25, 0.3) is 0 Å². The van der Waals surface area contributed by atoms with Crippen molar-refractivity contribution in [3.05, 3.63) is 48.6 Å². The summed E-state index contributed by atoms with van der Waals surface area (Å²) in [5, 5.41) is 0. The molecule has 136 heavy (non-hydrogen) atoms. The SMILES string of the molecule is CCCCC/C=C\C/C=C\CCCCCCCC(=O)OCCCOC(=O)CCCCCCC/C=C\CCCCCCCC.CCCCCCCC/C=C\CCCCCCCC(=O)OC(C)C.CCCCCCCCC1OC1CCCCCCCC(=O)OC(C)C.CCCCCCCCC1OC1CCCCCCCC(=O)OCCCOC(=O)CCCCCCCC1OC1CC1OC1CCCCC. The Labute approximate surface area is 839 Å². The molecule has 0 radical (unpaired) electrons. The van der Waals surface area contributed by atoms with E-state index >= 15 is 0 Å². The second-order valence-corrected chi connectivity index (χ2v) is 40.9. The fourth-order valence-corrected chi connectivity index (χ4v) is 17.7. The molecule has 0 aromatic heterocycles. The van der Waals surface area contributed by atoms with Gasteiger partial charge in [-0.05, 0) is 188 Å². The molecule has 16 heteroatoms. The number of hydrogen-bond acceptors (Lipinski definition) is 16. The molecule has 4 rings (SSSR count). The van der Waals surface area contributed by atoms with Crippen molar-refractivity contribution < 1.29 is 76.1 Å². The van der Waals surface area contributed by atoms with Gasteiger partial charge in [0, 0.05) is 57.8 Å². The molecule has 4 saturated heterocycles. The van der Waals surface area contributed by atoms with Gasteiger partial charge in [0.15, 0.2) is 0 Å². The van der Waals surface area contributed by atoms with E-state index in [0.717, 1.165) is 109 Å². The van der Waals surface area contributed by atoms with Crippen molar-refractivity contribution in [1.82, 2.24) is 0 Å². The Hall–Kier alpha value is -4.38. The van der Waals surface area contributed by atoms with Gasteiger partial charge in [0.25, 0.3) is 0 Å². The Balaban J connectivity index is 0.000000948. The molecule has 4 aliphatic heterocycles. The number of ether oxygens (including phenoxy) is 10. The van der Waals surface area contributed by atoms with Crippen LogP contribution in [0.4, 0.5) is 0 Å². The molecule has 0 amide bonds. The molecular formula is C120H220O16. The molecule has 0 spiro atoms. The van der Waals surface area contributed by atoms with Crippen LogP contribution in [0, 0.1) is 0 Å². The zero-order valence-corrected chi connectivity index (χ0v) is 90.7. The van der Waals surface area contributed by atoms with E-state index in [4.69, 9.17) is 47.4 Å². The summed E-state index contributed by atoms with van der Waals surface area (Å²) >= 11 is 0. The topological polar surface area (TPSA) is 208 Å². The largest absolute Gasteiger partial charge is 0.466 e. The van der Waals surface area contributed by atoms with E-state index in [1.165, 1.54) is 366 Å². The lowest BCUT2D eigenvalue weighted by atomic mass is 10.0. The van der Waals surface area contributed by atoms with Crippen LogP contribution >= 0.6 is 0 Å². The van der Waals surface area contributed by atoms with Crippen LogP contribution in [0.2, 0.25) is 0 Å². The molecule has 8 unspecified atom stereocenters. The Morgan fingerprint density at radius 2 is 0.368 bits per heavy atom. The first-order chi connectivity index (χ1) is 66.6. The van der Waals surface area contributed by atoms with Crippen LogP contribution in [0.5, 0.6) is 0 Å². The molecule has 0 N–H and O–H groups in total. The highest BCUT2D eigenvalue weighted by Gasteiger charge is 2.47. The maximum atomic E-state index is 12.0. The Kier molecular flexibility index (Phi) is 96.0. The van der Waals surface area contributed by atoms with Crippen molar-refractivity contribution in [3.63, 3.8) is 0 Å². The first-order valence-electron chi connectivity index (χ1n) is 58.8. The zero-order chi connectivity index (χ0) is 98.8. The van der Waals surface area contributed by atoms with Gasteiger partial charge in [-0.25, -0.2) is 0 Å². The van der Waals surface area contributed by atoms with Crippen molar-refractivity contribution in [1.29, 1.82) is 0 Å². The third kappa shape index (κ3) is 95.8. The van der Waals surface area contributed by atoms with E-state index in [9.17, 15) is 28.8 Å². The quantitative estimate of drug-likeness (QED) is 0.0182. The van der Waals surface area contributed by atoms with Gasteiger partial charge in [0.2, 0.25) is 0 Å². The molecular weight excluding hydrogens is 1700 g/mol. The van der Waals surface area contributed by atoms with Gasteiger partial charge in [0.1, 0.15) is 0 Å². The van der Waals surface area contributed by atoms with Crippen LogP contribution in [0.1, 0.15) is 596 Å². The van der Waals surface area contributed by atoms with Gasteiger partial charge in [-0.15, -0.1) is 0 Å². The number of esters is 6. The van der Waals surface area contributed by atoms with Crippen LogP contribution in [-0.2, 0) is 76.1 Å². The predicted octanol–water partition coefficient (Wildman–Crippen LogP) is 35.4. The molecule has 0 aromatic rings. The predicted molar refractivity (Wildman–Crippen MR) is 570 cm³/mol. The lowest BCUT2D eigenvalue weighted by Gasteiger charge is -2.07. The first kappa shape index (κ1) is 130. The minimum Gasteiger partial charge on any atom is -0.466 e. The van der Waals surface area contributed by atoms with E-state index in [2.05, 4.69) is 90.2 Å². The standard InChI is InChI=1S/C39H70O7.C39H70O4.C21H40O3.C21H40O2/c1-3-5-7-8-11-17-24-32-33(44-32)25-18-12-9-14-20-27-38(40)42-29-22-30-43-39(41)28-21-15-10-13-19-26-35-37(46-35)31-36-34(45-36)23-16-6-4-2;1-3-5-7-9-11-13-15-17-19-21-23-25-27-29-31-34-38(40)42-36-33-37-43-39(41)35-32-30-28-26-24-22-20-18-16-14-12-10-8-6-4-2;1-4-5-6-7-9-12-15-19-20(24-19)16-13-10-8-11-14-17-21(22)23-18(2)3;1-4-5-6-7-8-9-10-11-12-13-14-15-16-17-18-19-21(22)23-20(2)3/h32-37H,3-31H2,1-2H3;11,13,17-20H,3-10,12,14-16,21-37H2,1-2H3;18-20H,4-17H2,1-3H3;11-12,20H,4-10,13-19H2,1-3H3/b;13-11-,19-17-,20-18-;;12-11-. The number of carbonyl (C=O) groups excluding carboxylic acids is 6. The number of epoxide rings is 4. The summed E-state index contributed by atoms with van der Waals surface area (Å²) in [5.74, 6) is -0.634. The van der Waals surface area contributed by atoms with E-state index in [1.807, 2.05) is 27.7 Å². The van der Waals surface area contributed by atoms with Gasteiger partial charge in [-0.1, -0.05) is 398 Å². The Morgan fingerprint density at radius 3 is 0.610 bits per heavy atom. The average Bonchev–Trinajstić information content (AvgIpc) is 1.64. The highest BCUT2D eigenvalue weighted by atomic mass is 16.6.